The molecule has 9 atom stereocenters. The summed E-state index contributed by atoms with van der Waals surface area (Å²) in [6.07, 6.45) is -13.4. The molecule has 0 aromatic heterocycles. The molecule has 0 aromatic carbocycles. The summed E-state index contributed by atoms with van der Waals surface area (Å²) in [5.74, 6) is -1.68. The van der Waals surface area contributed by atoms with Gasteiger partial charge in [0.25, 0.3) is 6.47 Å². The lowest BCUT2D eigenvalue weighted by Crippen LogP contribution is -2.61. The van der Waals surface area contributed by atoms with Crippen LogP contribution < -0.4 is 0 Å². The molecule has 0 radical (unpaired) electrons. The lowest BCUT2D eigenvalue weighted by Gasteiger charge is -2.42. The van der Waals surface area contributed by atoms with Gasteiger partial charge in [-0.2, -0.15) is 0 Å². The first-order valence-corrected chi connectivity index (χ1v) is 9.91. The number of esters is 2. The average Bonchev–Trinajstić information content (AvgIpc) is 2.67. The summed E-state index contributed by atoms with van der Waals surface area (Å²) in [5.41, 5.74) is 0. The summed E-state index contributed by atoms with van der Waals surface area (Å²) in [4.78, 5) is 33.5. The second-order valence-electron chi connectivity index (χ2n) is 6.28. The van der Waals surface area contributed by atoms with Crippen molar-refractivity contribution < 1.29 is 62.9 Å². The number of alkyl halides is 2. The van der Waals surface area contributed by atoms with Crippen molar-refractivity contribution in [3.8, 4) is 0 Å². The molecule has 0 amide bonds. The minimum Gasteiger partial charge on any atom is -0.462 e. The maximum Gasteiger partial charge on any atom is 0.303 e. The van der Waals surface area contributed by atoms with E-state index in [2.05, 4.69) is 0 Å². The summed E-state index contributed by atoms with van der Waals surface area (Å²) in [7, 11) is 0. The SMILES string of the molecule is CC(=O)OC[C@@H](OC=O)[C@@H](O[C@@H]1O[C@H](CO)[C@H](O)[C@H](O)[C@H]1O)[C@H](OC(C)=O)C(F)I. The molecule has 14 heteroatoms. The highest BCUT2D eigenvalue weighted by Crippen LogP contribution is 2.28. The van der Waals surface area contributed by atoms with Crippen molar-refractivity contribution in [1.29, 1.82) is 0 Å². The lowest BCUT2D eigenvalue weighted by atomic mass is 9.99. The molecule has 1 unspecified atom stereocenters. The van der Waals surface area contributed by atoms with Gasteiger partial charge in [-0.05, 0) is 22.6 Å². The molecule has 1 heterocycles. The van der Waals surface area contributed by atoms with Gasteiger partial charge in [0, 0.05) is 13.8 Å². The van der Waals surface area contributed by atoms with Crippen LogP contribution in [0, 0.1) is 0 Å². The quantitative estimate of drug-likeness (QED) is 0.0723. The summed E-state index contributed by atoms with van der Waals surface area (Å²) in [6, 6.07) is 0. The van der Waals surface area contributed by atoms with Crippen LogP contribution in [0.5, 0.6) is 0 Å². The van der Waals surface area contributed by atoms with Crippen LogP contribution in [-0.4, -0.2) is 105 Å². The summed E-state index contributed by atoms with van der Waals surface area (Å²) in [6.45, 7) is 0.618. The van der Waals surface area contributed by atoms with E-state index in [0.29, 0.717) is 0 Å². The Morgan fingerprint density at radius 1 is 1.13 bits per heavy atom. The summed E-state index contributed by atoms with van der Waals surface area (Å²) in [5, 5.41) is 39.2. The average molecular weight is 554 g/mol. The zero-order chi connectivity index (χ0) is 23.0. The first-order valence-electron chi connectivity index (χ1n) is 8.67. The molecule has 0 aliphatic carbocycles. The van der Waals surface area contributed by atoms with Crippen molar-refractivity contribution in [3.05, 3.63) is 0 Å². The lowest BCUT2D eigenvalue weighted by molar-refractivity contribution is -0.325. The molecule has 1 saturated heterocycles. The second-order valence-corrected chi connectivity index (χ2v) is 7.47. The fourth-order valence-corrected chi connectivity index (χ4v) is 3.20. The van der Waals surface area contributed by atoms with E-state index in [-0.39, 0.29) is 6.47 Å². The van der Waals surface area contributed by atoms with Crippen molar-refractivity contribution >= 4 is 41.0 Å². The molecule has 12 nitrogen and oxygen atoms in total. The number of aliphatic hydroxyl groups excluding tert-OH is 4. The van der Waals surface area contributed by atoms with Gasteiger partial charge >= 0.3 is 11.9 Å². The third kappa shape index (κ3) is 7.51. The normalized spacial score (nSPS) is 30.5. The molecule has 4 N–H and O–H groups in total. The fourth-order valence-electron chi connectivity index (χ4n) is 2.65. The Kier molecular flexibility index (Phi) is 11.3. The van der Waals surface area contributed by atoms with Crippen LogP contribution in [-0.2, 0) is 38.1 Å². The highest BCUT2D eigenvalue weighted by molar-refractivity contribution is 14.1. The molecular weight excluding hydrogens is 530 g/mol. The standard InChI is InChI=1S/C16H24FIO12/c1-6(21)26-4-9(27-5-20)13(14(15(17)18)28-7(2)22)30-16-12(25)11(24)10(23)8(3-19)29-16/h5,8-16,19,23-25H,3-4H2,1-2H3/t8-,9-,10+,11+,12-,13-,14+,15?,16+/m1/s1. The largest absolute Gasteiger partial charge is 0.462 e. The molecule has 1 aliphatic heterocycles. The van der Waals surface area contributed by atoms with Crippen molar-refractivity contribution in [2.75, 3.05) is 13.2 Å². The van der Waals surface area contributed by atoms with Gasteiger partial charge in [0.2, 0.25) is 0 Å². The van der Waals surface area contributed by atoms with Crippen LogP contribution in [0.3, 0.4) is 0 Å². The van der Waals surface area contributed by atoms with Crippen LogP contribution in [0.2, 0.25) is 0 Å². The number of ether oxygens (including phenoxy) is 5. The zero-order valence-corrected chi connectivity index (χ0v) is 18.2. The van der Waals surface area contributed by atoms with E-state index in [1.165, 1.54) is 22.6 Å². The molecule has 0 aromatic rings. The predicted molar refractivity (Wildman–Crippen MR) is 101 cm³/mol. The maximum atomic E-state index is 14.3. The molecule has 1 rings (SSSR count). The molecule has 1 aliphatic rings. The Hall–Kier alpha value is -1.17. The van der Waals surface area contributed by atoms with Gasteiger partial charge in [0.05, 0.1) is 6.61 Å². The second kappa shape index (κ2) is 12.6. The van der Waals surface area contributed by atoms with Crippen LogP contribution >= 0.6 is 22.6 Å². The predicted octanol–water partition coefficient (Wildman–Crippen LogP) is -2.06. The van der Waals surface area contributed by atoms with Crippen molar-refractivity contribution in [2.45, 2.75) is 67.0 Å². The number of aliphatic hydroxyl groups is 4. The van der Waals surface area contributed by atoms with Gasteiger partial charge in [-0.1, -0.05) is 0 Å². The van der Waals surface area contributed by atoms with E-state index < -0.39 is 78.3 Å². The fraction of sp³-hybridized carbons (Fsp3) is 0.812. The third-order valence-electron chi connectivity index (χ3n) is 4.06. The molecule has 0 saturated carbocycles. The van der Waals surface area contributed by atoms with Gasteiger partial charge in [0.15, 0.2) is 22.7 Å². The molecular formula is C16H24FIO12. The van der Waals surface area contributed by atoms with Crippen LogP contribution in [0.4, 0.5) is 4.39 Å². The molecule has 1 fully saturated rings. The van der Waals surface area contributed by atoms with Crippen LogP contribution in [0.15, 0.2) is 0 Å². The Bertz CT molecular complexity index is 576. The van der Waals surface area contributed by atoms with Gasteiger partial charge < -0.3 is 44.1 Å². The van der Waals surface area contributed by atoms with E-state index in [1.54, 1.807) is 0 Å². The van der Waals surface area contributed by atoms with Gasteiger partial charge in [0.1, 0.15) is 37.1 Å². The van der Waals surface area contributed by atoms with Gasteiger partial charge in [-0.25, -0.2) is 4.39 Å². The third-order valence-corrected chi connectivity index (χ3v) is 4.77. The minimum atomic E-state index is -1.92. The van der Waals surface area contributed by atoms with Crippen molar-refractivity contribution in [3.63, 3.8) is 0 Å². The monoisotopic (exact) mass is 554 g/mol. The van der Waals surface area contributed by atoms with Crippen LogP contribution in [0.1, 0.15) is 13.8 Å². The van der Waals surface area contributed by atoms with Gasteiger partial charge in [-0.15, -0.1) is 0 Å². The van der Waals surface area contributed by atoms with Crippen molar-refractivity contribution in [2.24, 2.45) is 0 Å². The number of carbonyl (C=O) groups is 3. The molecule has 30 heavy (non-hydrogen) atoms. The minimum absolute atomic E-state index is 0.0386. The maximum absolute atomic E-state index is 14.3. The number of carbonyl (C=O) groups excluding carboxylic acids is 3. The highest BCUT2D eigenvalue weighted by Gasteiger charge is 2.48. The topological polar surface area (TPSA) is 178 Å². The number of hydrogen-bond donors (Lipinski definition) is 4. The Balaban J connectivity index is 3.23. The highest BCUT2D eigenvalue weighted by atomic mass is 127. The van der Waals surface area contributed by atoms with E-state index >= 15 is 0 Å². The number of halogens is 2. The van der Waals surface area contributed by atoms with E-state index in [9.17, 15) is 39.2 Å². The molecule has 174 valence electrons. The smallest absolute Gasteiger partial charge is 0.303 e. The number of hydrogen-bond acceptors (Lipinski definition) is 12. The molecule has 0 spiro atoms. The first-order chi connectivity index (χ1) is 14.0. The van der Waals surface area contributed by atoms with E-state index in [0.717, 1.165) is 13.8 Å². The first kappa shape index (κ1) is 26.9. The summed E-state index contributed by atoms with van der Waals surface area (Å²) >= 11 is 1.27. The van der Waals surface area contributed by atoms with Crippen LogP contribution in [0.25, 0.3) is 0 Å². The van der Waals surface area contributed by atoms with Gasteiger partial charge in [-0.3, -0.25) is 14.4 Å². The number of rotatable bonds is 11. The van der Waals surface area contributed by atoms with E-state index in [1.807, 2.05) is 0 Å². The zero-order valence-electron chi connectivity index (χ0n) is 16.0. The Morgan fingerprint density at radius 2 is 1.77 bits per heavy atom. The molecule has 0 bridgehead atoms. The Labute approximate surface area is 184 Å². The van der Waals surface area contributed by atoms with Crippen molar-refractivity contribution in [1.82, 2.24) is 0 Å². The van der Waals surface area contributed by atoms with E-state index in [4.69, 9.17) is 23.7 Å². The Morgan fingerprint density at radius 3 is 2.23 bits per heavy atom. The summed E-state index contributed by atoms with van der Waals surface area (Å²) < 4.78 is 37.5.